The number of hydrogen-bond acceptors (Lipinski definition) is 3. The highest BCUT2D eigenvalue weighted by Crippen LogP contribution is 2.29. The van der Waals surface area contributed by atoms with Crippen molar-refractivity contribution in [2.24, 2.45) is 0 Å². The van der Waals surface area contributed by atoms with Gasteiger partial charge in [0.25, 0.3) is 0 Å². The van der Waals surface area contributed by atoms with Gasteiger partial charge >= 0.3 is 0 Å². The summed E-state index contributed by atoms with van der Waals surface area (Å²) >= 11 is 7.48. The molecule has 0 aromatic heterocycles. The fourth-order valence-electron chi connectivity index (χ4n) is 2.38. The smallest absolute Gasteiger partial charge is 0.145 e. The second kappa shape index (κ2) is 9.71. The Labute approximate surface area is 149 Å². The molecule has 2 aromatic carbocycles. The fraction of sp³-hybridized carbons (Fsp3) is 0.316. The lowest BCUT2D eigenvalue weighted by Crippen LogP contribution is -2.27. The SMILES string of the molecule is CCN(CC)CCSC(=S)N(c1ccccc1)c1ccccc1. The normalized spacial score (nSPS) is 10.7. The predicted molar refractivity (Wildman–Crippen MR) is 108 cm³/mol. The minimum absolute atomic E-state index is 0.898. The van der Waals surface area contributed by atoms with Gasteiger partial charge in [0.2, 0.25) is 0 Å². The van der Waals surface area contributed by atoms with Gasteiger partial charge in [-0.3, -0.25) is 4.90 Å². The number of hydrogen-bond donors (Lipinski definition) is 0. The summed E-state index contributed by atoms with van der Waals surface area (Å²) in [4.78, 5) is 4.58. The van der Waals surface area contributed by atoms with E-state index >= 15 is 0 Å². The van der Waals surface area contributed by atoms with Gasteiger partial charge in [-0.2, -0.15) is 0 Å². The quantitative estimate of drug-likeness (QED) is 0.638. The second-order valence-electron chi connectivity index (χ2n) is 5.15. The number of benzene rings is 2. The van der Waals surface area contributed by atoms with Crippen LogP contribution in [0.4, 0.5) is 11.4 Å². The summed E-state index contributed by atoms with van der Waals surface area (Å²) in [5.41, 5.74) is 2.22. The number of thiocarbonyl (C=S) groups is 1. The van der Waals surface area contributed by atoms with Gasteiger partial charge in [-0.1, -0.05) is 74.2 Å². The first-order valence-corrected chi connectivity index (χ1v) is 9.45. The van der Waals surface area contributed by atoms with Crippen molar-refractivity contribution in [3.8, 4) is 0 Å². The molecule has 0 unspecified atom stereocenters. The molecular weight excluding hydrogens is 320 g/mol. The summed E-state index contributed by atoms with van der Waals surface area (Å²) < 4.78 is 0.898. The first-order valence-electron chi connectivity index (χ1n) is 8.05. The Bertz CT molecular complexity index is 543. The van der Waals surface area contributed by atoms with E-state index in [4.69, 9.17) is 12.2 Å². The van der Waals surface area contributed by atoms with Crippen molar-refractivity contribution in [1.29, 1.82) is 0 Å². The third kappa shape index (κ3) is 5.34. The van der Waals surface area contributed by atoms with Gasteiger partial charge < -0.3 is 4.90 Å². The van der Waals surface area contributed by atoms with Crippen molar-refractivity contribution >= 4 is 39.7 Å². The summed E-state index contributed by atoms with van der Waals surface area (Å²) in [5.74, 6) is 1.01. The van der Waals surface area contributed by atoms with Crippen LogP contribution in [0.2, 0.25) is 0 Å². The van der Waals surface area contributed by atoms with Gasteiger partial charge in [-0.05, 0) is 37.4 Å². The lowest BCUT2D eigenvalue weighted by molar-refractivity contribution is 0.324. The summed E-state index contributed by atoms with van der Waals surface area (Å²) in [5, 5.41) is 0. The molecule has 23 heavy (non-hydrogen) atoms. The van der Waals surface area contributed by atoms with Crippen molar-refractivity contribution in [3.63, 3.8) is 0 Å². The van der Waals surface area contributed by atoms with Gasteiger partial charge in [0.1, 0.15) is 4.32 Å². The Morgan fingerprint density at radius 3 is 1.78 bits per heavy atom. The van der Waals surface area contributed by atoms with E-state index in [2.05, 4.69) is 72.2 Å². The standard InChI is InChI=1S/C19H24N2S2/c1-3-20(4-2)15-16-23-19(22)21(17-11-7-5-8-12-17)18-13-9-6-10-14-18/h5-14H,3-4,15-16H2,1-2H3. The molecule has 0 bridgehead atoms. The lowest BCUT2D eigenvalue weighted by Gasteiger charge is -2.26. The van der Waals surface area contributed by atoms with Crippen LogP contribution in [0.15, 0.2) is 60.7 Å². The minimum Gasteiger partial charge on any atom is -0.303 e. The Morgan fingerprint density at radius 1 is 0.870 bits per heavy atom. The maximum Gasteiger partial charge on any atom is 0.145 e. The van der Waals surface area contributed by atoms with Crippen molar-refractivity contribution < 1.29 is 0 Å². The summed E-state index contributed by atoms with van der Waals surface area (Å²) in [7, 11) is 0. The molecule has 2 aromatic rings. The largest absolute Gasteiger partial charge is 0.303 e. The highest BCUT2D eigenvalue weighted by Gasteiger charge is 2.14. The molecule has 0 atom stereocenters. The Kier molecular flexibility index (Phi) is 7.59. The van der Waals surface area contributed by atoms with E-state index in [9.17, 15) is 0 Å². The molecule has 0 saturated heterocycles. The molecule has 0 heterocycles. The topological polar surface area (TPSA) is 6.48 Å². The zero-order chi connectivity index (χ0) is 16.5. The zero-order valence-corrected chi connectivity index (χ0v) is 15.4. The molecule has 122 valence electrons. The van der Waals surface area contributed by atoms with E-state index in [-0.39, 0.29) is 0 Å². The van der Waals surface area contributed by atoms with E-state index in [0.717, 1.165) is 41.1 Å². The van der Waals surface area contributed by atoms with Crippen LogP contribution in [0, 0.1) is 0 Å². The van der Waals surface area contributed by atoms with Crippen LogP contribution in [0.3, 0.4) is 0 Å². The van der Waals surface area contributed by atoms with Crippen LogP contribution < -0.4 is 4.90 Å². The van der Waals surface area contributed by atoms with Crippen molar-refractivity contribution in [2.75, 3.05) is 30.3 Å². The average Bonchev–Trinajstić information content (AvgIpc) is 2.61. The molecule has 0 aliphatic rings. The molecule has 0 amide bonds. The number of rotatable bonds is 7. The molecule has 0 aliphatic heterocycles. The van der Waals surface area contributed by atoms with Crippen LogP contribution in [0.1, 0.15) is 13.8 Å². The monoisotopic (exact) mass is 344 g/mol. The molecule has 0 N–H and O–H groups in total. The number of para-hydroxylation sites is 2. The highest BCUT2D eigenvalue weighted by molar-refractivity contribution is 8.23. The van der Waals surface area contributed by atoms with E-state index in [1.165, 1.54) is 0 Å². The van der Waals surface area contributed by atoms with Crippen LogP contribution in [0.25, 0.3) is 0 Å². The first kappa shape index (κ1) is 18.0. The Hall–Kier alpha value is -1.36. The zero-order valence-electron chi connectivity index (χ0n) is 13.8. The van der Waals surface area contributed by atoms with E-state index in [1.54, 1.807) is 11.8 Å². The highest BCUT2D eigenvalue weighted by atomic mass is 32.2. The molecule has 0 radical (unpaired) electrons. The summed E-state index contributed by atoms with van der Waals surface area (Å²) in [6.45, 7) is 7.64. The maximum atomic E-state index is 5.73. The van der Waals surface area contributed by atoms with Gasteiger partial charge in [0, 0.05) is 23.7 Å². The van der Waals surface area contributed by atoms with Crippen molar-refractivity contribution in [2.45, 2.75) is 13.8 Å². The van der Waals surface area contributed by atoms with Gasteiger partial charge in [-0.25, -0.2) is 0 Å². The van der Waals surface area contributed by atoms with Crippen LogP contribution in [-0.2, 0) is 0 Å². The molecule has 0 saturated carbocycles. The fourth-order valence-corrected chi connectivity index (χ4v) is 3.71. The van der Waals surface area contributed by atoms with E-state index in [0.29, 0.717) is 0 Å². The van der Waals surface area contributed by atoms with E-state index < -0.39 is 0 Å². The molecule has 4 heteroatoms. The maximum absolute atomic E-state index is 5.73. The molecule has 0 aliphatic carbocycles. The predicted octanol–water partition coefficient (Wildman–Crippen LogP) is 5.18. The van der Waals surface area contributed by atoms with Crippen molar-refractivity contribution in [1.82, 2.24) is 4.90 Å². The van der Waals surface area contributed by atoms with Crippen LogP contribution in [-0.4, -0.2) is 34.6 Å². The second-order valence-corrected chi connectivity index (χ2v) is 6.88. The van der Waals surface area contributed by atoms with Gasteiger partial charge in [-0.15, -0.1) is 0 Å². The number of nitrogens with zero attached hydrogens (tertiary/aromatic N) is 2. The summed E-state index contributed by atoms with van der Waals surface area (Å²) in [6, 6.07) is 20.7. The number of anilines is 2. The van der Waals surface area contributed by atoms with Crippen LogP contribution >= 0.6 is 24.0 Å². The van der Waals surface area contributed by atoms with Gasteiger partial charge in [0.15, 0.2) is 0 Å². The lowest BCUT2D eigenvalue weighted by atomic mass is 10.2. The average molecular weight is 345 g/mol. The molecule has 0 fully saturated rings. The Balaban J connectivity index is 2.10. The van der Waals surface area contributed by atoms with Crippen molar-refractivity contribution in [3.05, 3.63) is 60.7 Å². The third-order valence-electron chi connectivity index (χ3n) is 3.74. The van der Waals surface area contributed by atoms with E-state index in [1.807, 2.05) is 12.1 Å². The third-order valence-corrected chi connectivity index (χ3v) is 5.09. The Morgan fingerprint density at radius 2 is 1.35 bits per heavy atom. The number of thioether (sulfide) groups is 1. The minimum atomic E-state index is 0.898. The molecule has 2 rings (SSSR count). The summed E-state index contributed by atoms with van der Waals surface area (Å²) in [6.07, 6.45) is 0. The van der Waals surface area contributed by atoms with Crippen LogP contribution in [0.5, 0.6) is 0 Å². The first-order chi connectivity index (χ1) is 11.3. The molecule has 2 nitrogen and oxygen atoms in total. The molecular formula is C19H24N2S2. The van der Waals surface area contributed by atoms with Gasteiger partial charge in [0.05, 0.1) is 0 Å². The molecule has 0 spiro atoms.